The van der Waals surface area contributed by atoms with Crippen molar-refractivity contribution in [1.29, 1.82) is 0 Å². The number of carbonyl (C=O) groups excluding carboxylic acids is 3. The minimum atomic E-state index is -0.559. The number of piperidine rings is 2. The molecule has 1 atom stereocenters. The van der Waals surface area contributed by atoms with E-state index in [0.717, 1.165) is 43.6 Å². The van der Waals surface area contributed by atoms with Crippen molar-refractivity contribution < 1.29 is 14.4 Å². The molecule has 148 valence electrons. The summed E-state index contributed by atoms with van der Waals surface area (Å²) in [5.41, 5.74) is 4.16. The molecular weight excluding hydrogens is 356 g/mol. The monoisotopic (exact) mass is 382 g/mol. The topological polar surface area (TPSA) is 90.5 Å². The number of hydrogen-bond donors (Lipinski definition) is 3. The molecule has 0 saturated carbocycles. The fourth-order valence-electron chi connectivity index (χ4n) is 4.10. The molecule has 3 N–H and O–H groups in total. The number of hydrogen-bond acceptors (Lipinski definition) is 5. The summed E-state index contributed by atoms with van der Waals surface area (Å²) in [6, 6.07) is 5.37. The lowest BCUT2D eigenvalue weighted by molar-refractivity contribution is -0.136. The molecule has 1 aromatic rings. The smallest absolute Gasteiger partial charge is 0.255 e. The van der Waals surface area contributed by atoms with Gasteiger partial charge in [-0.25, -0.2) is 0 Å². The van der Waals surface area contributed by atoms with E-state index < -0.39 is 6.04 Å². The second-order valence-electron chi connectivity index (χ2n) is 7.63. The molecule has 0 radical (unpaired) electrons. The summed E-state index contributed by atoms with van der Waals surface area (Å²) in [5, 5.41) is 9.11. The van der Waals surface area contributed by atoms with Gasteiger partial charge >= 0.3 is 0 Å². The van der Waals surface area contributed by atoms with Crippen LogP contribution in [0.15, 0.2) is 29.8 Å². The van der Waals surface area contributed by atoms with Crippen molar-refractivity contribution >= 4 is 17.7 Å². The number of benzene rings is 1. The first-order chi connectivity index (χ1) is 13.6. The van der Waals surface area contributed by atoms with Gasteiger partial charge < -0.3 is 15.5 Å². The molecule has 3 heterocycles. The Morgan fingerprint density at radius 2 is 1.96 bits per heavy atom. The molecule has 28 heavy (non-hydrogen) atoms. The van der Waals surface area contributed by atoms with E-state index in [9.17, 15) is 14.4 Å². The van der Waals surface area contributed by atoms with Crippen molar-refractivity contribution in [3.8, 4) is 0 Å². The lowest BCUT2D eigenvalue weighted by Gasteiger charge is -2.29. The van der Waals surface area contributed by atoms with Gasteiger partial charge in [0.1, 0.15) is 6.04 Å². The van der Waals surface area contributed by atoms with Gasteiger partial charge in [-0.1, -0.05) is 23.8 Å². The first kappa shape index (κ1) is 18.8. The van der Waals surface area contributed by atoms with E-state index in [-0.39, 0.29) is 24.1 Å². The summed E-state index contributed by atoms with van der Waals surface area (Å²) in [6.07, 6.45) is 5.17. The van der Waals surface area contributed by atoms with E-state index in [4.69, 9.17) is 0 Å². The van der Waals surface area contributed by atoms with Crippen molar-refractivity contribution in [3.63, 3.8) is 0 Å². The average molecular weight is 382 g/mol. The zero-order chi connectivity index (χ0) is 19.5. The number of nitrogens with zero attached hydrogens (tertiary/aromatic N) is 1. The summed E-state index contributed by atoms with van der Waals surface area (Å²) >= 11 is 0. The van der Waals surface area contributed by atoms with Crippen LogP contribution in [0.1, 0.15) is 47.2 Å². The van der Waals surface area contributed by atoms with Crippen molar-refractivity contribution in [3.05, 3.63) is 46.5 Å². The van der Waals surface area contributed by atoms with Crippen molar-refractivity contribution in [1.82, 2.24) is 20.9 Å². The number of fused-ring (bicyclic) bond motifs is 1. The van der Waals surface area contributed by atoms with Gasteiger partial charge in [-0.15, -0.1) is 0 Å². The van der Waals surface area contributed by atoms with Gasteiger partial charge in [0.05, 0.1) is 0 Å². The summed E-state index contributed by atoms with van der Waals surface area (Å²) in [7, 11) is 0. The van der Waals surface area contributed by atoms with Crippen molar-refractivity contribution in [2.24, 2.45) is 0 Å². The van der Waals surface area contributed by atoms with Gasteiger partial charge in [0, 0.05) is 31.6 Å². The number of amides is 3. The van der Waals surface area contributed by atoms with E-state index >= 15 is 0 Å². The van der Waals surface area contributed by atoms with Gasteiger partial charge in [-0.05, 0) is 49.5 Å². The molecule has 7 nitrogen and oxygen atoms in total. The SMILES string of the molecule is O=C1CCC(N2Cc3ccc(CNCC=C4CCNCC4)cc3C2=O)C(=O)N1. The highest BCUT2D eigenvalue weighted by Gasteiger charge is 2.38. The molecule has 7 heteroatoms. The summed E-state index contributed by atoms with van der Waals surface area (Å²) in [5.74, 6) is -0.758. The minimum Gasteiger partial charge on any atom is -0.322 e. The quantitative estimate of drug-likeness (QED) is 0.399. The Kier molecular flexibility index (Phi) is 5.54. The first-order valence-electron chi connectivity index (χ1n) is 9.97. The maximum atomic E-state index is 12.8. The van der Waals surface area contributed by atoms with Crippen LogP contribution in [0, 0.1) is 0 Å². The molecule has 3 aliphatic heterocycles. The Morgan fingerprint density at radius 3 is 2.75 bits per heavy atom. The van der Waals surface area contributed by atoms with Crippen LogP contribution < -0.4 is 16.0 Å². The molecule has 1 aromatic carbocycles. The summed E-state index contributed by atoms with van der Waals surface area (Å²) in [4.78, 5) is 37.9. The molecule has 3 aliphatic rings. The van der Waals surface area contributed by atoms with Crippen molar-refractivity contribution in [2.45, 2.75) is 44.8 Å². The molecule has 1 unspecified atom stereocenters. The standard InChI is InChI=1S/C21H26N4O3/c26-19-4-3-18(20(27)24-19)25-13-16-2-1-15(11-17(16)21(25)28)12-23-10-7-14-5-8-22-9-6-14/h1-2,7,11,18,22-23H,3-6,8-10,12-13H2,(H,24,26,27). The Bertz CT molecular complexity index is 825. The van der Waals surface area contributed by atoms with Gasteiger partial charge in [-0.3, -0.25) is 19.7 Å². The van der Waals surface area contributed by atoms with E-state index in [1.54, 1.807) is 4.90 Å². The predicted octanol–water partition coefficient (Wildman–Crippen LogP) is 0.847. The molecule has 0 aromatic heterocycles. The van der Waals surface area contributed by atoms with Crippen LogP contribution in [0.2, 0.25) is 0 Å². The third-order valence-electron chi connectivity index (χ3n) is 5.70. The van der Waals surface area contributed by atoms with E-state index in [1.165, 1.54) is 5.57 Å². The number of rotatable bonds is 5. The lowest BCUT2D eigenvalue weighted by Crippen LogP contribution is -2.52. The van der Waals surface area contributed by atoms with Crippen LogP contribution >= 0.6 is 0 Å². The average Bonchev–Trinajstić information content (AvgIpc) is 3.02. The second kappa shape index (κ2) is 8.24. The molecule has 0 aliphatic carbocycles. The molecule has 0 spiro atoms. The van der Waals surface area contributed by atoms with Crippen LogP contribution in [-0.4, -0.2) is 48.3 Å². The van der Waals surface area contributed by atoms with Crippen LogP contribution in [0.3, 0.4) is 0 Å². The zero-order valence-corrected chi connectivity index (χ0v) is 15.9. The maximum absolute atomic E-state index is 12.8. The fourth-order valence-corrected chi connectivity index (χ4v) is 4.10. The van der Waals surface area contributed by atoms with Crippen molar-refractivity contribution in [2.75, 3.05) is 19.6 Å². The van der Waals surface area contributed by atoms with Crippen LogP contribution in [-0.2, 0) is 22.7 Å². The number of imide groups is 1. The maximum Gasteiger partial charge on any atom is 0.255 e. The number of carbonyl (C=O) groups is 3. The fraction of sp³-hybridized carbons (Fsp3) is 0.476. The van der Waals surface area contributed by atoms with Gasteiger partial charge in [0.2, 0.25) is 11.8 Å². The number of nitrogens with one attached hydrogen (secondary N) is 3. The highest BCUT2D eigenvalue weighted by molar-refractivity contribution is 6.05. The van der Waals surface area contributed by atoms with Gasteiger partial charge in [0.15, 0.2) is 0 Å². The second-order valence-corrected chi connectivity index (χ2v) is 7.63. The minimum absolute atomic E-state index is 0.122. The lowest BCUT2D eigenvalue weighted by atomic mass is 10.0. The molecule has 3 amide bonds. The third-order valence-corrected chi connectivity index (χ3v) is 5.70. The molecule has 2 fully saturated rings. The third kappa shape index (κ3) is 4.00. The van der Waals surface area contributed by atoms with Crippen LogP contribution in [0.5, 0.6) is 0 Å². The molecule has 0 bridgehead atoms. The summed E-state index contributed by atoms with van der Waals surface area (Å²) < 4.78 is 0. The molecule has 2 saturated heterocycles. The normalized spacial score (nSPS) is 22.3. The Balaban J connectivity index is 1.36. The first-order valence-corrected chi connectivity index (χ1v) is 9.97. The van der Waals surface area contributed by atoms with Crippen LogP contribution in [0.25, 0.3) is 0 Å². The zero-order valence-electron chi connectivity index (χ0n) is 15.9. The van der Waals surface area contributed by atoms with Gasteiger partial charge in [0.25, 0.3) is 5.91 Å². The molecule has 4 rings (SSSR count). The van der Waals surface area contributed by atoms with E-state index in [2.05, 4.69) is 22.0 Å². The molecular formula is C21H26N4O3. The van der Waals surface area contributed by atoms with Crippen LogP contribution in [0.4, 0.5) is 0 Å². The highest BCUT2D eigenvalue weighted by atomic mass is 16.2. The Labute approximate surface area is 164 Å². The van der Waals surface area contributed by atoms with E-state index in [1.807, 2.05) is 18.2 Å². The van der Waals surface area contributed by atoms with E-state index in [0.29, 0.717) is 25.1 Å². The largest absolute Gasteiger partial charge is 0.322 e. The highest BCUT2D eigenvalue weighted by Crippen LogP contribution is 2.28. The Hall–Kier alpha value is -2.51. The Morgan fingerprint density at radius 1 is 1.14 bits per heavy atom. The predicted molar refractivity (Wildman–Crippen MR) is 104 cm³/mol. The summed E-state index contributed by atoms with van der Waals surface area (Å²) in [6.45, 7) is 4.06. The van der Waals surface area contributed by atoms with Gasteiger partial charge in [-0.2, -0.15) is 0 Å².